The Morgan fingerprint density at radius 2 is 1.78 bits per heavy atom. The van der Waals surface area contributed by atoms with E-state index in [-0.39, 0.29) is 5.78 Å². The first-order valence-corrected chi connectivity index (χ1v) is 7.00. The molecule has 6 nitrogen and oxygen atoms in total. The molecular weight excluding hydrogens is 296 g/mol. The molecule has 1 aromatic heterocycles. The van der Waals surface area contributed by atoms with Gasteiger partial charge in [0, 0.05) is 23.6 Å². The topological polar surface area (TPSA) is 85.4 Å². The van der Waals surface area contributed by atoms with Gasteiger partial charge in [-0.15, -0.1) is 0 Å². The second kappa shape index (κ2) is 7.31. The molecule has 0 unspecified atom stereocenters. The molecule has 23 heavy (non-hydrogen) atoms. The summed E-state index contributed by atoms with van der Waals surface area (Å²) in [7, 11) is 0. The van der Waals surface area contributed by atoms with Crippen molar-refractivity contribution in [2.45, 2.75) is 20.0 Å². The molecule has 0 radical (unpaired) electrons. The van der Waals surface area contributed by atoms with Gasteiger partial charge in [0.1, 0.15) is 0 Å². The van der Waals surface area contributed by atoms with Crippen molar-refractivity contribution in [1.82, 2.24) is 4.98 Å². The van der Waals surface area contributed by atoms with Crippen LogP contribution >= 0.6 is 0 Å². The van der Waals surface area contributed by atoms with Crippen LogP contribution in [0.15, 0.2) is 48.8 Å². The number of ether oxygens (including phenoxy) is 1. The normalized spacial score (nSPS) is 11.4. The number of anilines is 1. The Bertz CT molecular complexity index is 728. The summed E-state index contributed by atoms with van der Waals surface area (Å²) in [6.45, 7) is 2.92. The monoisotopic (exact) mass is 312 g/mol. The second-order valence-corrected chi connectivity index (χ2v) is 4.91. The van der Waals surface area contributed by atoms with Crippen molar-refractivity contribution in [3.05, 3.63) is 59.9 Å². The highest BCUT2D eigenvalue weighted by atomic mass is 16.5. The molecule has 0 aliphatic heterocycles. The lowest BCUT2D eigenvalue weighted by molar-refractivity contribution is -0.123. The van der Waals surface area contributed by atoms with Crippen LogP contribution in [0.1, 0.15) is 34.6 Å². The maximum absolute atomic E-state index is 12.1. The third-order valence-electron chi connectivity index (χ3n) is 3.11. The molecule has 0 saturated heterocycles. The minimum absolute atomic E-state index is 0.0988. The highest BCUT2D eigenvalue weighted by molar-refractivity contribution is 5.99. The molecule has 6 heteroatoms. The predicted octanol–water partition coefficient (Wildman–Crippen LogP) is 2.47. The Morgan fingerprint density at radius 1 is 1.09 bits per heavy atom. The Kier molecular flexibility index (Phi) is 5.19. The first-order valence-electron chi connectivity index (χ1n) is 7.00. The molecule has 0 aliphatic rings. The molecule has 0 saturated carbocycles. The maximum Gasteiger partial charge on any atom is 0.339 e. The van der Waals surface area contributed by atoms with Crippen molar-refractivity contribution in [2.75, 3.05) is 5.32 Å². The summed E-state index contributed by atoms with van der Waals surface area (Å²) >= 11 is 0. The number of hydrogen-bond acceptors (Lipinski definition) is 5. The van der Waals surface area contributed by atoms with Crippen LogP contribution in [0.4, 0.5) is 5.69 Å². The van der Waals surface area contributed by atoms with Gasteiger partial charge in [-0.25, -0.2) is 4.79 Å². The van der Waals surface area contributed by atoms with E-state index >= 15 is 0 Å². The first kappa shape index (κ1) is 16.4. The van der Waals surface area contributed by atoms with E-state index in [1.165, 1.54) is 38.4 Å². The number of benzene rings is 1. The zero-order valence-electron chi connectivity index (χ0n) is 12.8. The number of rotatable bonds is 5. The maximum atomic E-state index is 12.1. The van der Waals surface area contributed by atoms with E-state index in [1.807, 2.05) is 0 Å². The summed E-state index contributed by atoms with van der Waals surface area (Å²) in [5.74, 6) is -1.18. The van der Waals surface area contributed by atoms with Crippen LogP contribution in [0.5, 0.6) is 0 Å². The van der Waals surface area contributed by atoms with Crippen molar-refractivity contribution in [3.8, 4) is 0 Å². The molecule has 0 aliphatic carbocycles. The Balaban J connectivity index is 1.99. The van der Waals surface area contributed by atoms with Gasteiger partial charge in [0.15, 0.2) is 11.9 Å². The van der Waals surface area contributed by atoms with E-state index in [1.54, 1.807) is 24.3 Å². The number of carbonyl (C=O) groups is 3. The van der Waals surface area contributed by atoms with Gasteiger partial charge >= 0.3 is 5.97 Å². The summed E-state index contributed by atoms with van der Waals surface area (Å²) in [5, 5.41) is 2.61. The standard InChI is InChI=1S/C17H16N2O4/c1-11(20)14-4-3-5-15(10-14)19-16(21)12(2)23-17(22)13-6-8-18-9-7-13/h3-10,12H,1-2H3,(H,19,21)/t12-/m0/s1. The molecule has 0 fully saturated rings. The highest BCUT2D eigenvalue weighted by Crippen LogP contribution is 2.12. The van der Waals surface area contributed by atoms with E-state index in [4.69, 9.17) is 4.74 Å². The average Bonchev–Trinajstić information content (AvgIpc) is 2.55. The van der Waals surface area contributed by atoms with Crippen LogP contribution in [0.25, 0.3) is 0 Å². The Labute approximate surface area is 133 Å². The van der Waals surface area contributed by atoms with Crippen LogP contribution < -0.4 is 5.32 Å². The number of amides is 1. The quantitative estimate of drug-likeness (QED) is 0.677. The van der Waals surface area contributed by atoms with Crippen molar-refractivity contribution in [3.63, 3.8) is 0 Å². The van der Waals surface area contributed by atoms with Crippen LogP contribution in [0.3, 0.4) is 0 Å². The molecule has 1 amide bonds. The number of nitrogens with zero attached hydrogens (tertiary/aromatic N) is 1. The van der Waals surface area contributed by atoms with Crippen LogP contribution in [0.2, 0.25) is 0 Å². The van der Waals surface area contributed by atoms with E-state index in [0.717, 1.165) is 0 Å². The number of carbonyl (C=O) groups excluding carboxylic acids is 3. The summed E-state index contributed by atoms with van der Waals surface area (Å²) in [6.07, 6.45) is 1.96. The van der Waals surface area contributed by atoms with Gasteiger partial charge in [0.25, 0.3) is 5.91 Å². The number of esters is 1. The second-order valence-electron chi connectivity index (χ2n) is 4.91. The van der Waals surface area contributed by atoms with Gasteiger partial charge in [0.2, 0.25) is 0 Å². The average molecular weight is 312 g/mol. The molecule has 2 rings (SSSR count). The fourth-order valence-electron chi connectivity index (χ4n) is 1.83. The van der Waals surface area contributed by atoms with E-state index in [0.29, 0.717) is 16.8 Å². The molecule has 0 bridgehead atoms. The molecular formula is C17H16N2O4. The van der Waals surface area contributed by atoms with Crippen LogP contribution in [0, 0.1) is 0 Å². The SMILES string of the molecule is CC(=O)c1cccc(NC(=O)[C@H](C)OC(=O)c2ccncc2)c1. The molecule has 1 heterocycles. The van der Waals surface area contributed by atoms with Gasteiger partial charge < -0.3 is 10.1 Å². The summed E-state index contributed by atoms with van der Waals surface area (Å²) in [6, 6.07) is 9.55. The fraction of sp³-hybridized carbons (Fsp3) is 0.176. The lowest BCUT2D eigenvalue weighted by Crippen LogP contribution is -2.30. The predicted molar refractivity (Wildman–Crippen MR) is 84.2 cm³/mol. The number of Topliss-reactive ketones (excluding diaryl/α,β-unsaturated/α-hetero) is 1. The summed E-state index contributed by atoms with van der Waals surface area (Å²) in [4.78, 5) is 39.1. The zero-order chi connectivity index (χ0) is 16.8. The lowest BCUT2D eigenvalue weighted by atomic mass is 10.1. The van der Waals surface area contributed by atoms with Crippen molar-refractivity contribution in [2.24, 2.45) is 0 Å². The van der Waals surface area contributed by atoms with Gasteiger partial charge in [0.05, 0.1) is 5.56 Å². The summed E-state index contributed by atoms with van der Waals surface area (Å²) < 4.78 is 5.10. The minimum atomic E-state index is -0.975. The number of aromatic nitrogens is 1. The largest absolute Gasteiger partial charge is 0.449 e. The zero-order valence-corrected chi connectivity index (χ0v) is 12.8. The Hall–Kier alpha value is -3.02. The van der Waals surface area contributed by atoms with Gasteiger partial charge in [-0.05, 0) is 38.1 Å². The van der Waals surface area contributed by atoms with Crippen molar-refractivity contribution < 1.29 is 19.1 Å². The van der Waals surface area contributed by atoms with E-state index < -0.39 is 18.0 Å². The third kappa shape index (κ3) is 4.47. The molecule has 1 atom stereocenters. The Morgan fingerprint density at radius 3 is 2.43 bits per heavy atom. The van der Waals surface area contributed by atoms with Crippen molar-refractivity contribution >= 4 is 23.3 Å². The number of pyridine rings is 1. The highest BCUT2D eigenvalue weighted by Gasteiger charge is 2.19. The minimum Gasteiger partial charge on any atom is -0.449 e. The van der Waals surface area contributed by atoms with Gasteiger partial charge in [-0.2, -0.15) is 0 Å². The fourth-order valence-corrected chi connectivity index (χ4v) is 1.83. The first-order chi connectivity index (χ1) is 11.0. The number of hydrogen-bond donors (Lipinski definition) is 1. The molecule has 1 aromatic carbocycles. The summed E-state index contributed by atoms with van der Waals surface area (Å²) in [5.41, 5.74) is 1.27. The number of ketones is 1. The van der Waals surface area contributed by atoms with E-state index in [2.05, 4.69) is 10.3 Å². The molecule has 2 aromatic rings. The number of nitrogens with one attached hydrogen (secondary N) is 1. The third-order valence-corrected chi connectivity index (χ3v) is 3.11. The smallest absolute Gasteiger partial charge is 0.339 e. The van der Waals surface area contributed by atoms with Crippen molar-refractivity contribution in [1.29, 1.82) is 0 Å². The van der Waals surface area contributed by atoms with Crippen LogP contribution in [-0.4, -0.2) is 28.7 Å². The van der Waals surface area contributed by atoms with E-state index in [9.17, 15) is 14.4 Å². The molecule has 0 spiro atoms. The van der Waals surface area contributed by atoms with Gasteiger partial charge in [-0.3, -0.25) is 14.6 Å². The van der Waals surface area contributed by atoms with Gasteiger partial charge in [-0.1, -0.05) is 12.1 Å². The molecule has 118 valence electrons. The van der Waals surface area contributed by atoms with Crippen LogP contribution in [-0.2, 0) is 9.53 Å². The molecule has 1 N–H and O–H groups in total. The lowest BCUT2D eigenvalue weighted by Gasteiger charge is -2.13.